The zero-order chi connectivity index (χ0) is 30.8. The van der Waals surface area contributed by atoms with E-state index in [0.29, 0.717) is 52.1 Å². The lowest BCUT2D eigenvalue weighted by atomic mass is 9.94. The molecule has 0 aliphatic heterocycles. The van der Waals surface area contributed by atoms with Crippen LogP contribution in [0.5, 0.6) is 11.5 Å². The monoisotopic (exact) mass is 602 g/mol. The Morgan fingerprint density at radius 1 is 0.857 bits per heavy atom. The third-order valence-electron chi connectivity index (χ3n) is 6.40. The second-order valence-electron chi connectivity index (χ2n) is 10.3. The summed E-state index contributed by atoms with van der Waals surface area (Å²) in [6, 6.07) is 11.9. The maximum Gasteiger partial charge on any atom is 0.306 e. The van der Waals surface area contributed by atoms with Gasteiger partial charge in [0.15, 0.2) is 0 Å². The molecule has 0 amide bonds. The third kappa shape index (κ3) is 14.8. The first-order chi connectivity index (χ1) is 20.1. The fourth-order valence-electron chi connectivity index (χ4n) is 4.50. The van der Waals surface area contributed by atoms with E-state index in [-0.39, 0.29) is 18.5 Å². The Hall–Kier alpha value is -2.98. The topological polar surface area (TPSA) is 97.4 Å². The summed E-state index contributed by atoms with van der Waals surface area (Å²) in [6.45, 7) is 5.58. The molecule has 2 rings (SSSR count). The summed E-state index contributed by atoms with van der Waals surface area (Å²) in [5.41, 5.74) is 4.17. The van der Waals surface area contributed by atoms with Crippen LogP contribution >= 0.6 is 0 Å². The molecule has 0 saturated heterocycles. The van der Waals surface area contributed by atoms with Gasteiger partial charge in [-0.2, -0.15) is 0 Å². The Balaban J connectivity index is 1.85. The van der Waals surface area contributed by atoms with Gasteiger partial charge >= 0.3 is 11.9 Å². The molecule has 0 aromatic heterocycles. The zero-order valence-corrected chi connectivity index (χ0v) is 26.6. The average Bonchev–Trinajstić information content (AvgIpc) is 2.93. The molecule has 0 heterocycles. The second-order valence-corrected chi connectivity index (χ2v) is 12.4. The minimum atomic E-state index is -2.51. The maximum absolute atomic E-state index is 12.1. The van der Waals surface area contributed by atoms with E-state index in [1.165, 1.54) is 11.8 Å². The van der Waals surface area contributed by atoms with Gasteiger partial charge in [0.2, 0.25) is 0 Å². The van der Waals surface area contributed by atoms with Crippen LogP contribution in [0.1, 0.15) is 75.5 Å². The molecule has 232 valence electrons. The molecule has 0 fully saturated rings. The van der Waals surface area contributed by atoms with Crippen molar-refractivity contribution in [3.8, 4) is 11.5 Å². The van der Waals surface area contributed by atoms with E-state index in [9.17, 15) is 13.8 Å². The van der Waals surface area contributed by atoms with Crippen molar-refractivity contribution in [2.24, 2.45) is 0 Å². The molecule has 10 heteroatoms. The Bertz CT molecular complexity index is 1230. The molecule has 0 bridgehead atoms. The van der Waals surface area contributed by atoms with E-state index in [1.807, 2.05) is 38.2 Å². The molecule has 0 aliphatic carbocycles. The van der Waals surface area contributed by atoms with Crippen LogP contribution in [0.25, 0.3) is 0 Å². The highest BCUT2D eigenvalue weighted by Gasteiger charge is 2.13. The van der Waals surface area contributed by atoms with Crippen LogP contribution < -0.4 is 14.9 Å². The van der Waals surface area contributed by atoms with Crippen molar-refractivity contribution in [3.05, 3.63) is 53.1 Å². The molecule has 42 heavy (non-hydrogen) atoms. The van der Waals surface area contributed by atoms with Crippen molar-refractivity contribution >= 4 is 40.9 Å². The van der Waals surface area contributed by atoms with Crippen molar-refractivity contribution in [2.75, 3.05) is 32.7 Å². The van der Waals surface area contributed by atoms with Gasteiger partial charge in [-0.15, -0.1) is 0 Å². The van der Waals surface area contributed by atoms with E-state index in [0.717, 1.165) is 60.2 Å². The van der Waals surface area contributed by atoms with Crippen LogP contribution in [0.2, 0.25) is 0 Å². The molecule has 0 radical (unpaired) electrons. The largest absolute Gasteiger partial charge is 0.494 e. The lowest BCUT2D eigenvalue weighted by molar-refractivity contribution is -0.144. The normalized spacial score (nSPS) is 12.4. The van der Waals surface area contributed by atoms with Gasteiger partial charge in [-0.05, 0) is 86.7 Å². The summed E-state index contributed by atoms with van der Waals surface area (Å²) < 4.78 is 39.2. The highest BCUT2D eigenvalue weighted by atomic mass is 32.2. The highest BCUT2D eigenvalue weighted by Crippen LogP contribution is 2.26. The number of carbonyl (C=O) groups is 2. The number of esters is 2. The van der Waals surface area contributed by atoms with Crippen molar-refractivity contribution in [3.63, 3.8) is 0 Å². The number of ether oxygens (including phenoxy) is 4. The summed E-state index contributed by atoms with van der Waals surface area (Å²) >= 11 is 0. The minimum absolute atomic E-state index is 0.221. The first-order valence-electron chi connectivity index (χ1n) is 14.9. The highest BCUT2D eigenvalue weighted by molar-refractivity contribution is 7.95. The van der Waals surface area contributed by atoms with Gasteiger partial charge in [-0.25, -0.2) is 4.21 Å². The summed E-state index contributed by atoms with van der Waals surface area (Å²) in [7, 11) is -0.513. The average molecular weight is 603 g/mol. The number of aryl methyl sites for hydroxylation is 1. The lowest BCUT2D eigenvalue weighted by Gasteiger charge is -2.16. The van der Waals surface area contributed by atoms with Crippen LogP contribution in [-0.4, -0.2) is 62.5 Å². The van der Waals surface area contributed by atoms with Gasteiger partial charge in [-0.3, -0.25) is 13.8 Å². The van der Waals surface area contributed by atoms with Crippen LogP contribution in [0.3, 0.4) is 0 Å². The fourth-order valence-corrected chi connectivity index (χ4v) is 4.89. The van der Waals surface area contributed by atoms with Gasteiger partial charge in [0.25, 0.3) is 0 Å². The fraction of sp³-hybridized carbons (Fsp3) is 0.531. The van der Waals surface area contributed by atoms with Gasteiger partial charge in [0.1, 0.15) is 19.3 Å². The van der Waals surface area contributed by atoms with E-state index >= 15 is 0 Å². The quantitative estimate of drug-likeness (QED) is 0.0912. The summed E-state index contributed by atoms with van der Waals surface area (Å²) in [5, 5.41) is 0. The number of hydrogen-bond acceptors (Lipinski definition) is 8. The number of carbonyl (C=O) groups excluding carboxylic acids is 2. The second kappa shape index (κ2) is 19.3. The van der Waals surface area contributed by atoms with Gasteiger partial charge < -0.3 is 18.9 Å². The third-order valence-corrected chi connectivity index (χ3v) is 7.01. The lowest BCUT2D eigenvalue weighted by Crippen LogP contribution is -2.10. The molecule has 1 atom stereocenters. The van der Waals surface area contributed by atoms with Crippen LogP contribution in [0.15, 0.2) is 36.4 Å². The minimum Gasteiger partial charge on any atom is -0.494 e. The smallest absolute Gasteiger partial charge is 0.306 e. The van der Waals surface area contributed by atoms with E-state index in [1.54, 1.807) is 13.8 Å². The van der Waals surface area contributed by atoms with Crippen molar-refractivity contribution in [1.29, 1.82) is 0 Å². The summed E-state index contributed by atoms with van der Waals surface area (Å²) in [6.07, 6.45) is 8.09. The van der Waals surface area contributed by atoms with E-state index < -0.39 is 9.80 Å². The molecular formula is C32H47BO8S. The number of hydrogen-bond donors (Lipinski definition) is 0. The number of unbranched alkanes of at least 4 members (excludes halogenated alkanes) is 3. The number of rotatable bonds is 21. The van der Waals surface area contributed by atoms with Gasteiger partial charge in [-0.1, -0.05) is 36.5 Å². The van der Waals surface area contributed by atoms with E-state index in [2.05, 4.69) is 11.9 Å². The van der Waals surface area contributed by atoms with E-state index in [4.69, 9.17) is 23.1 Å². The molecule has 1 unspecified atom stereocenters. The summed E-state index contributed by atoms with van der Waals surface area (Å²) in [5.74, 6) is 4.62. The molecule has 0 spiro atoms. The molecule has 0 aliphatic rings. The standard InChI is InChI=1S/C32H47BO8S/c1-5-37-31(34)16-12-20-40-30-15-11-14-26(29(30)17-18-32(35)38-6-2)13-9-7-8-10-19-39-28-22-25(21-27(33)23-28)24-41-42(3,4)36/h11,14-15,21-23H,3,5-10,12-13,16-20,24,33H2,1-2,4H3. The van der Waals surface area contributed by atoms with Gasteiger partial charge in [0.05, 0.1) is 42.8 Å². The Labute approximate surface area is 253 Å². The molecule has 2 aromatic carbocycles. The van der Waals surface area contributed by atoms with Crippen LogP contribution in [0, 0.1) is 0 Å². The van der Waals surface area contributed by atoms with Crippen LogP contribution in [0.4, 0.5) is 0 Å². The Morgan fingerprint density at radius 2 is 1.55 bits per heavy atom. The SMILES string of the molecule is Bc1cc(COS(=C)(C)=O)cc(OCCCCCCc2cccc(OCCCC(=O)OCC)c2CCC(=O)OCC)c1. The first kappa shape index (κ1) is 35.2. The molecular weight excluding hydrogens is 555 g/mol. The Kier molecular flexibility index (Phi) is 16.2. The summed E-state index contributed by atoms with van der Waals surface area (Å²) in [4.78, 5) is 23.7. The van der Waals surface area contributed by atoms with Crippen molar-refractivity contribution in [2.45, 2.75) is 78.2 Å². The molecule has 8 nitrogen and oxygen atoms in total. The number of benzene rings is 2. The van der Waals surface area contributed by atoms with Crippen molar-refractivity contribution < 1.29 is 36.9 Å². The predicted octanol–water partition coefficient (Wildman–Crippen LogP) is 4.12. The predicted molar refractivity (Wildman–Crippen MR) is 171 cm³/mol. The first-order valence-corrected chi connectivity index (χ1v) is 16.9. The van der Waals surface area contributed by atoms with Crippen molar-refractivity contribution in [1.82, 2.24) is 0 Å². The van der Waals surface area contributed by atoms with Gasteiger partial charge in [0, 0.05) is 19.1 Å². The molecule has 2 aromatic rings. The Morgan fingerprint density at radius 3 is 2.26 bits per heavy atom. The van der Waals surface area contributed by atoms with Crippen LogP contribution in [-0.2, 0) is 52.5 Å². The zero-order valence-electron chi connectivity index (χ0n) is 25.7. The molecule has 0 saturated carbocycles. The maximum atomic E-state index is 12.1. The molecule has 0 N–H and O–H groups in total.